The molecule has 0 heterocycles. The molecule has 0 fully saturated rings. The lowest BCUT2D eigenvalue weighted by Crippen LogP contribution is -2.02. The monoisotopic (exact) mass is 228 g/mol. The van der Waals surface area contributed by atoms with E-state index in [1.54, 1.807) is 24.3 Å². The summed E-state index contributed by atoms with van der Waals surface area (Å²) in [6, 6.07) is 8.77. The molecule has 0 saturated carbocycles. The number of carbonyl (C=O) groups excluding carboxylic acids is 1. The van der Waals surface area contributed by atoms with Crippen molar-refractivity contribution in [2.45, 2.75) is 0 Å². The first kappa shape index (κ1) is 11.0. The summed E-state index contributed by atoms with van der Waals surface area (Å²) in [6.07, 6.45) is 1.11. The maximum Gasteiger partial charge on any atom is 0.335 e. The summed E-state index contributed by atoms with van der Waals surface area (Å²) in [5.41, 5.74) is 12.5. The first-order chi connectivity index (χ1) is 8.10. The highest BCUT2D eigenvalue weighted by Crippen LogP contribution is 2.27. The van der Waals surface area contributed by atoms with Crippen LogP contribution in [0.4, 0.5) is 11.4 Å². The molecule has 2 rings (SSSR count). The SMILES string of the molecule is C=CC(=O)Oc1ccc2cc(N)c(N)cc2c1. The molecule has 0 amide bonds. The van der Waals surface area contributed by atoms with Gasteiger partial charge in [0.15, 0.2) is 0 Å². The third kappa shape index (κ3) is 2.20. The molecule has 0 bridgehead atoms. The molecule has 4 nitrogen and oxygen atoms in total. The molecule has 0 spiro atoms. The van der Waals surface area contributed by atoms with Gasteiger partial charge in [0, 0.05) is 6.08 Å². The lowest BCUT2D eigenvalue weighted by Gasteiger charge is -2.06. The highest BCUT2D eigenvalue weighted by Gasteiger charge is 2.03. The Morgan fingerprint density at radius 3 is 2.41 bits per heavy atom. The fraction of sp³-hybridized carbons (Fsp3) is 0. The van der Waals surface area contributed by atoms with E-state index >= 15 is 0 Å². The van der Waals surface area contributed by atoms with Crippen molar-refractivity contribution >= 4 is 28.1 Å². The molecule has 0 aliphatic rings. The Kier molecular flexibility index (Phi) is 2.70. The van der Waals surface area contributed by atoms with Crippen LogP contribution in [0.1, 0.15) is 0 Å². The van der Waals surface area contributed by atoms with Crippen LogP contribution < -0.4 is 16.2 Å². The van der Waals surface area contributed by atoms with Crippen molar-refractivity contribution in [2.24, 2.45) is 0 Å². The fourth-order valence-electron chi connectivity index (χ4n) is 1.53. The average Bonchev–Trinajstić information content (AvgIpc) is 2.31. The van der Waals surface area contributed by atoms with Crippen LogP contribution in [0.3, 0.4) is 0 Å². The number of hydrogen-bond donors (Lipinski definition) is 2. The van der Waals surface area contributed by atoms with E-state index in [2.05, 4.69) is 6.58 Å². The normalized spacial score (nSPS) is 10.1. The van der Waals surface area contributed by atoms with E-state index in [0.717, 1.165) is 16.8 Å². The van der Waals surface area contributed by atoms with Crippen LogP contribution in [0.2, 0.25) is 0 Å². The highest BCUT2D eigenvalue weighted by molar-refractivity contribution is 5.92. The molecule has 2 aromatic rings. The molecule has 4 heteroatoms. The Balaban J connectivity index is 2.46. The van der Waals surface area contributed by atoms with Gasteiger partial charge in [0.05, 0.1) is 11.4 Å². The fourth-order valence-corrected chi connectivity index (χ4v) is 1.53. The summed E-state index contributed by atoms with van der Waals surface area (Å²) < 4.78 is 5.01. The van der Waals surface area contributed by atoms with Gasteiger partial charge in [0.25, 0.3) is 0 Å². The number of nitrogen functional groups attached to an aromatic ring is 2. The maximum absolute atomic E-state index is 11.1. The molecule has 4 N–H and O–H groups in total. The Bertz CT molecular complexity index is 606. The third-order valence-electron chi connectivity index (χ3n) is 2.40. The summed E-state index contributed by atoms with van der Waals surface area (Å²) >= 11 is 0. The molecule has 17 heavy (non-hydrogen) atoms. The first-order valence-electron chi connectivity index (χ1n) is 5.03. The van der Waals surface area contributed by atoms with Crippen molar-refractivity contribution in [3.8, 4) is 5.75 Å². The number of hydrogen-bond acceptors (Lipinski definition) is 4. The van der Waals surface area contributed by atoms with Gasteiger partial charge in [0.2, 0.25) is 0 Å². The highest BCUT2D eigenvalue weighted by atomic mass is 16.5. The van der Waals surface area contributed by atoms with E-state index in [0.29, 0.717) is 17.1 Å². The van der Waals surface area contributed by atoms with E-state index < -0.39 is 5.97 Å². The van der Waals surface area contributed by atoms with Crippen LogP contribution >= 0.6 is 0 Å². The van der Waals surface area contributed by atoms with Crippen LogP contribution in [0.15, 0.2) is 43.0 Å². The van der Waals surface area contributed by atoms with Crippen LogP contribution in [0.5, 0.6) is 5.75 Å². The zero-order chi connectivity index (χ0) is 12.4. The van der Waals surface area contributed by atoms with Crippen molar-refractivity contribution in [3.63, 3.8) is 0 Å². The predicted molar refractivity (Wildman–Crippen MR) is 68.6 cm³/mol. The van der Waals surface area contributed by atoms with Crippen LogP contribution in [-0.4, -0.2) is 5.97 Å². The van der Waals surface area contributed by atoms with Crippen LogP contribution in [-0.2, 0) is 4.79 Å². The van der Waals surface area contributed by atoms with Crippen LogP contribution in [0.25, 0.3) is 10.8 Å². The number of rotatable bonds is 2. The number of ether oxygens (including phenoxy) is 1. The molecule has 0 unspecified atom stereocenters. The van der Waals surface area contributed by atoms with E-state index in [4.69, 9.17) is 16.2 Å². The zero-order valence-electron chi connectivity index (χ0n) is 9.14. The van der Waals surface area contributed by atoms with Gasteiger partial charge in [0.1, 0.15) is 5.75 Å². The van der Waals surface area contributed by atoms with Crippen molar-refractivity contribution in [1.82, 2.24) is 0 Å². The predicted octanol–water partition coefficient (Wildman–Crippen LogP) is 2.10. The van der Waals surface area contributed by atoms with Crippen molar-refractivity contribution in [3.05, 3.63) is 43.0 Å². The molecular weight excluding hydrogens is 216 g/mol. The van der Waals surface area contributed by atoms with Gasteiger partial charge in [-0.2, -0.15) is 0 Å². The number of anilines is 2. The maximum atomic E-state index is 11.1. The van der Waals surface area contributed by atoms with E-state index in [1.165, 1.54) is 0 Å². The molecule has 0 aromatic heterocycles. The summed E-state index contributed by atoms with van der Waals surface area (Å²) in [4.78, 5) is 11.1. The minimum absolute atomic E-state index is 0.451. The summed E-state index contributed by atoms with van der Waals surface area (Å²) in [5, 5.41) is 1.81. The number of fused-ring (bicyclic) bond motifs is 1. The quantitative estimate of drug-likeness (QED) is 0.357. The molecule has 0 radical (unpaired) electrons. The standard InChI is InChI=1S/C13H12N2O2/c1-2-13(16)17-10-4-3-8-6-11(14)12(15)7-9(8)5-10/h2-7H,1,14-15H2. The van der Waals surface area contributed by atoms with Crippen molar-refractivity contribution < 1.29 is 9.53 Å². The second-order valence-electron chi connectivity index (χ2n) is 3.62. The Labute approximate surface area is 98.5 Å². The number of carbonyl (C=O) groups is 1. The number of esters is 1. The molecule has 0 atom stereocenters. The minimum Gasteiger partial charge on any atom is -0.423 e. The van der Waals surface area contributed by atoms with E-state index in [9.17, 15) is 4.79 Å². The molecule has 86 valence electrons. The van der Waals surface area contributed by atoms with Gasteiger partial charge in [-0.3, -0.25) is 0 Å². The number of benzene rings is 2. The minimum atomic E-state index is -0.493. The molecule has 2 aromatic carbocycles. The lowest BCUT2D eigenvalue weighted by molar-refractivity contribution is -0.128. The topological polar surface area (TPSA) is 78.3 Å². The molecule has 0 aliphatic carbocycles. The zero-order valence-corrected chi connectivity index (χ0v) is 9.14. The van der Waals surface area contributed by atoms with Crippen LogP contribution in [0, 0.1) is 0 Å². The van der Waals surface area contributed by atoms with Gasteiger partial charge in [-0.25, -0.2) is 4.79 Å². The molecule has 0 saturated heterocycles. The largest absolute Gasteiger partial charge is 0.423 e. The second kappa shape index (κ2) is 4.17. The first-order valence-corrected chi connectivity index (χ1v) is 5.03. The van der Waals surface area contributed by atoms with Gasteiger partial charge in [-0.15, -0.1) is 0 Å². The average molecular weight is 228 g/mol. The Morgan fingerprint density at radius 2 is 1.76 bits per heavy atom. The van der Waals surface area contributed by atoms with Gasteiger partial charge in [-0.05, 0) is 35.0 Å². The third-order valence-corrected chi connectivity index (χ3v) is 2.40. The summed E-state index contributed by atoms with van der Waals surface area (Å²) in [6.45, 7) is 3.33. The summed E-state index contributed by atoms with van der Waals surface area (Å²) in [7, 11) is 0. The van der Waals surface area contributed by atoms with Gasteiger partial charge >= 0.3 is 5.97 Å². The lowest BCUT2D eigenvalue weighted by atomic mass is 10.1. The van der Waals surface area contributed by atoms with E-state index in [-0.39, 0.29) is 0 Å². The Morgan fingerprint density at radius 1 is 1.12 bits per heavy atom. The molecular formula is C13H12N2O2. The van der Waals surface area contributed by atoms with Crippen molar-refractivity contribution in [1.29, 1.82) is 0 Å². The van der Waals surface area contributed by atoms with E-state index in [1.807, 2.05) is 6.07 Å². The van der Waals surface area contributed by atoms with Gasteiger partial charge in [-0.1, -0.05) is 12.6 Å². The van der Waals surface area contributed by atoms with Crippen molar-refractivity contribution in [2.75, 3.05) is 11.5 Å². The molecule has 0 aliphatic heterocycles. The Hall–Kier alpha value is -2.49. The summed E-state index contributed by atoms with van der Waals surface area (Å²) in [5.74, 6) is -0.0423. The second-order valence-corrected chi connectivity index (χ2v) is 3.62. The number of nitrogens with two attached hydrogens (primary N) is 2. The smallest absolute Gasteiger partial charge is 0.335 e. The van der Waals surface area contributed by atoms with Gasteiger partial charge < -0.3 is 16.2 Å².